The first-order chi connectivity index (χ1) is 5.09. The normalized spacial score (nSPS) is 10.2. The number of hydrogen-bond donors (Lipinski definition) is 0. The molecule has 0 fully saturated rings. The molecule has 0 saturated carbocycles. The van der Waals surface area contributed by atoms with Gasteiger partial charge < -0.3 is 4.74 Å². The molecule has 0 saturated heterocycles. The highest BCUT2D eigenvalue weighted by molar-refractivity contribution is 6.00. The monoisotopic (exact) mass is 158 g/mol. The maximum absolute atomic E-state index is 10.8. The van der Waals surface area contributed by atoms with Crippen molar-refractivity contribution in [3.05, 3.63) is 0 Å². The van der Waals surface area contributed by atoms with Crippen LogP contribution in [-0.2, 0) is 14.3 Å². The van der Waals surface area contributed by atoms with Crippen LogP contribution >= 0.6 is 0 Å². The van der Waals surface area contributed by atoms with Crippen molar-refractivity contribution in [1.29, 1.82) is 0 Å². The van der Waals surface area contributed by atoms with Crippen molar-refractivity contribution in [3.63, 3.8) is 0 Å². The average molecular weight is 158 g/mol. The van der Waals surface area contributed by atoms with Crippen molar-refractivity contribution in [3.8, 4) is 0 Å². The standard InChI is InChI=1S/C8H14O3/c1-6(9)8(7(2)10)4-5-11-3/h8H,4-5H2,1-3H3. The zero-order valence-electron chi connectivity index (χ0n) is 7.22. The highest BCUT2D eigenvalue weighted by Crippen LogP contribution is 2.05. The number of ketones is 2. The predicted octanol–water partition coefficient (Wildman–Crippen LogP) is 0.817. The number of carbonyl (C=O) groups is 2. The van der Waals surface area contributed by atoms with Crippen LogP contribution in [0, 0.1) is 5.92 Å². The van der Waals surface area contributed by atoms with Gasteiger partial charge in [-0.1, -0.05) is 0 Å². The highest BCUT2D eigenvalue weighted by atomic mass is 16.5. The van der Waals surface area contributed by atoms with Gasteiger partial charge in [-0.15, -0.1) is 0 Å². The second kappa shape index (κ2) is 5.02. The van der Waals surface area contributed by atoms with Crippen LogP contribution < -0.4 is 0 Å². The summed E-state index contributed by atoms with van der Waals surface area (Å²) in [5, 5.41) is 0. The van der Waals surface area contributed by atoms with Gasteiger partial charge in [0.1, 0.15) is 11.6 Å². The van der Waals surface area contributed by atoms with Crippen molar-refractivity contribution < 1.29 is 14.3 Å². The van der Waals surface area contributed by atoms with Crippen LogP contribution in [0.3, 0.4) is 0 Å². The van der Waals surface area contributed by atoms with Gasteiger partial charge >= 0.3 is 0 Å². The fourth-order valence-corrected chi connectivity index (χ4v) is 0.928. The van der Waals surface area contributed by atoms with Crippen LogP contribution in [0.5, 0.6) is 0 Å². The second-order valence-corrected chi connectivity index (χ2v) is 2.56. The summed E-state index contributed by atoms with van der Waals surface area (Å²) in [6.07, 6.45) is 0.501. The number of rotatable bonds is 5. The maximum atomic E-state index is 10.8. The van der Waals surface area contributed by atoms with E-state index >= 15 is 0 Å². The Balaban J connectivity index is 3.90. The van der Waals surface area contributed by atoms with Crippen molar-refractivity contribution in [2.75, 3.05) is 13.7 Å². The van der Waals surface area contributed by atoms with Gasteiger partial charge in [0.2, 0.25) is 0 Å². The smallest absolute Gasteiger partial charge is 0.140 e. The fourth-order valence-electron chi connectivity index (χ4n) is 0.928. The van der Waals surface area contributed by atoms with Gasteiger partial charge in [0.05, 0.1) is 5.92 Å². The number of Topliss-reactive ketones (excluding diaryl/α,β-unsaturated/α-hetero) is 2. The minimum absolute atomic E-state index is 0.0745. The molecular weight excluding hydrogens is 144 g/mol. The predicted molar refractivity (Wildman–Crippen MR) is 41.3 cm³/mol. The Bertz CT molecular complexity index is 137. The Morgan fingerprint density at radius 1 is 1.27 bits per heavy atom. The zero-order chi connectivity index (χ0) is 8.85. The number of methoxy groups -OCH3 is 1. The van der Waals surface area contributed by atoms with Gasteiger partial charge in [0.15, 0.2) is 0 Å². The SMILES string of the molecule is COCCC(C(C)=O)C(C)=O. The molecule has 3 heteroatoms. The molecule has 0 aliphatic rings. The van der Waals surface area contributed by atoms with Crippen molar-refractivity contribution >= 4 is 11.6 Å². The Kier molecular flexibility index (Phi) is 4.70. The topological polar surface area (TPSA) is 43.4 Å². The molecule has 0 aromatic rings. The van der Waals surface area contributed by atoms with Gasteiger partial charge in [-0.25, -0.2) is 0 Å². The summed E-state index contributed by atoms with van der Waals surface area (Å²) in [5.41, 5.74) is 0. The van der Waals surface area contributed by atoms with E-state index in [1.165, 1.54) is 13.8 Å². The van der Waals surface area contributed by atoms with Gasteiger partial charge in [0, 0.05) is 13.7 Å². The summed E-state index contributed by atoms with van der Waals surface area (Å²) in [4.78, 5) is 21.6. The summed E-state index contributed by atoms with van der Waals surface area (Å²) in [6, 6.07) is 0. The Labute approximate surface area is 66.7 Å². The first kappa shape index (κ1) is 10.3. The van der Waals surface area contributed by atoms with Crippen molar-refractivity contribution in [2.24, 2.45) is 5.92 Å². The molecule has 0 atom stereocenters. The third kappa shape index (κ3) is 3.88. The van der Waals surface area contributed by atoms with E-state index in [9.17, 15) is 9.59 Å². The van der Waals surface area contributed by atoms with E-state index in [1.807, 2.05) is 0 Å². The average Bonchev–Trinajstić information content (AvgIpc) is 1.87. The van der Waals surface area contributed by atoms with Crippen LogP contribution in [0.25, 0.3) is 0 Å². The Hall–Kier alpha value is -0.700. The first-order valence-corrected chi connectivity index (χ1v) is 3.59. The van der Waals surface area contributed by atoms with Gasteiger partial charge in [-0.2, -0.15) is 0 Å². The summed E-state index contributed by atoms with van der Waals surface area (Å²) in [7, 11) is 1.55. The third-order valence-electron chi connectivity index (χ3n) is 1.59. The highest BCUT2D eigenvalue weighted by Gasteiger charge is 2.18. The largest absolute Gasteiger partial charge is 0.385 e. The van der Waals surface area contributed by atoms with E-state index in [1.54, 1.807) is 7.11 Å². The van der Waals surface area contributed by atoms with E-state index in [0.717, 1.165) is 0 Å². The lowest BCUT2D eigenvalue weighted by Crippen LogP contribution is -2.20. The van der Waals surface area contributed by atoms with Crippen LogP contribution in [0.15, 0.2) is 0 Å². The molecule has 11 heavy (non-hydrogen) atoms. The van der Waals surface area contributed by atoms with Crippen LogP contribution in [0.2, 0.25) is 0 Å². The number of ether oxygens (including phenoxy) is 1. The summed E-state index contributed by atoms with van der Waals surface area (Å²) in [5.74, 6) is -0.612. The molecule has 0 amide bonds. The van der Waals surface area contributed by atoms with E-state index in [-0.39, 0.29) is 11.6 Å². The number of hydrogen-bond acceptors (Lipinski definition) is 3. The van der Waals surface area contributed by atoms with Crippen molar-refractivity contribution in [1.82, 2.24) is 0 Å². The summed E-state index contributed by atoms with van der Waals surface area (Å²) >= 11 is 0. The molecule has 64 valence electrons. The fraction of sp³-hybridized carbons (Fsp3) is 0.750. The van der Waals surface area contributed by atoms with Crippen LogP contribution in [0.1, 0.15) is 20.3 Å². The van der Waals surface area contributed by atoms with Crippen LogP contribution in [0.4, 0.5) is 0 Å². The molecule has 0 unspecified atom stereocenters. The lowest BCUT2D eigenvalue weighted by atomic mass is 9.98. The second-order valence-electron chi connectivity index (χ2n) is 2.56. The molecule has 0 heterocycles. The molecule has 3 nitrogen and oxygen atoms in total. The Morgan fingerprint density at radius 2 is 1.73 bits per heavy atom. The van der Waals surface area contributed by atoms with Crippen molar-refractivity contribution in [2.45, 2.75) is 20.3 Å². The molecule has 0 spiro atoms. The van der Waals surface area contributed by atoms with E-state index in [0.29, 0.717) is 13.0 Å². The molecule has 0 aliphatic carbocycles. The quantitative estimate of drug-likeness (QED) is 0.556. The van der Waals surface area contributed by atoms with E-state index in [2.05, 4.69) is 0 Å². The lowest BCUT2D eigenvalue weighted by Gasteiger charge is -2.07. The molecule has 0 radical (unpaired) electrons. The molecule has 0 rings (SSSR count). The number of carbonyl (C=O) groups excluding carboxylic acids is 2. The van der Waals surface area contributed by atoms with E-state index < -0.39 is 5.92 Å². The first-order valence-electron chi connectivity index (χ1n) is 3.59. The lowest BCUT2D eigenvalue weighted by molar-refractivity contribution is -0.131. The van der Waals surface area contributed by atoms with Gasteiger partial charge in [0.25, 0.3) is 0 Å². The third-order valence-corrected chi connectivity index (χ3v) is 1.59. The minimum atomic E-state index is -0.463. The molecular formula is C8H14O3. The molecule has 0 aromatic heterocycles. The van der Waals surface area contributed by atoms with Crippen LogP contribution in [-0.4, -0.2) is 25.3 Å². The molecule has 0 aromatic carbocycles. The summed E-state index contributed by atoms with van der Waals surface area (Å²) in [6.45, 7) is 3.33. The Morgan fingerprint density at radius 3 is 2.00 bits per heavy atom. The minimum Gasteiger partial charge on any atom is -0.385 e. The molecule has 0 aliphatic heterocycles. The summed E-state index contributed by atoms with van der Waals surface area (Å²) < 4.78 is 4.77. The maximum Gasteiger partial charge on any atom is 0.140 e. The van der Waals surface area contributed by atoms with E-state index in [4.69, 9.17) is 4.74 Å². The molecule has 0 N–H and O–H groups in total. The van der Waals surface area contributed by atoms with Gasteiger partial charge in [-0.3, -0.25) is 9.59 Å². The molecule has 0 bridgehead atoms. The zero-order valence-corrected chi connectivity index (χ0v) is 7.22. The van der Waals surface area contributed by atoms with Gasteiger partial charge in [-0.05, 0) is 20.3 Å².